The van der Waals surface area contributed by atoms with Gasteiger partial charge in [0.25, 0.3) is 0 Å². The Labute approximate surface area is 370 Å². The molecule has 0 heterocycles. The van der Waals surface area contributed by atoms with E-state index in [2.05, 4.69) is 6.58 Å². The standard InChI is InChI=1S/C46H61Cl3O11/c1-7-41(57-26-34-15-19-37(54-6)20-16-34)44(60-27-32-11-9-8-10-12-32,28-55-25-33-13-17-36(53-5)18-14-33)35-23-39(58-31-56-29-46(47,48)49)42(59-30-52-4)38-21-22-45(51,40(50)24-35)43(38,2)3/h7-20,35,38-42,50-51H,1,21-31H2,2-6H3/t35-,38?,39+,40+,41-,42-,44-,45?/m1/s1. The summed E-state index contributed by atoms with van der Waals surface area (Å²) in [7, 11) is 4.79. The van der Waals surface area contributed by atoms with E-state index in [0.717, 1.165) is 28.2 Å². The lowest BCUT2D eigenvalue weighted by molar-refractivity contribution is -0.224. The smallest absolute Gasteiger partial charge is 0.213 e. The lowest BCUT2D eigenvalue weighted by atomic mass is 9.67. The molecule has 0 aliphatic heterocycles. The van der Waals surface area contributed by atoms with Crippen LogP contribution in [0.4, 0.5) is 0 Å². The van der Waals surface area contributed by atoms with Gasteiger partial charge in [0.1, 0.15) is 36.8 Å². The summed E-state index contributed by atoms with van der Waals surface area (Å²) in [5, 5.41) is 25.1. The van der Waals surface area contributed by atoms with Gasteiger partial charge in [0.15, 0.2) is 0 Å². The predicted molar refractivity (Wildman–Crippen MR) is 231 cm³/mol. The van der Waals surface area contributed by atoms with Crippen molar-refractivity contribution in [3.05, 3.63) is 108 Å². The highest BCUT2D eigenvalue weighted by atomic mass is 35.6. The molecule has 3 aromatic rings. The zero-order chi connectivity index (χ0) is 43.4. The van der Waals surface area contributed by atoms with Crippen LogP contribution in [-0.4, -0.2) is 97.8 Å². The van der Waals surface area contributed by atoms with Crippen LogP contribution >= 0.6 is 34.8 Å². The number of aliphatic hydroxyl groups excluding tert-OH is 1. The maximum Gasteiger partial charge on any atom is 0.213 e. The maximum atomic E-state index is 12.6. The first-order valence-electron chi connectivity index (χ1n) is 20.2. The molecule has 5 rings (SSSR count). The van der Waals surface area contributed by atoms with E-state index in [1.807, 2.05) is 92.7 Å². The molecule has 2 aliphatic rings. The lowest BCUT2D eigenvalue weighted by Gasteiger charge is -2.48. The molecule has 2 bridgehead atoms. The van der Waals surface area contributed by atoms with Crippen molar-refractivity contribution >= 4 is 34.8 Å². The zero-order valence-electron chi connectivity index (χ0n) is 35.2. The van der Waals surface area contributed by atoms with Crippen molar-refractivity contribution in [2.45, 2.75) is 98.8 Å². The fourth-order valence-corrected chi connectivity index (χ4v) is 9.07. The second-order valence-electron chi connectivity index (χ2n) is 16.2. The van der Waals surface area contributed by atoms with Crippen LogP contribution in [0.2, 0.25) is 0 Å². The second-order valence-corrected chi connectivity index (χ2v) is 18.7. The third-order valence-corrected chi connectivity index (χ3v) is 12.6. The largest absolute Gasteiger partial charge is 0.497 e. The average molecular weight is 896 g/mol. The number of alkyl halides is 3. The monoisotopic (exact) mass is 894 g/mol. The van der Waals surface area contributed by atoms with Crippen molar-refractivity contribution < 1.29 is 52.8 Å². The highest BCUT2D eigenvalue weighted by Crippen LogP contribution is 2.57. The van der Waals surface area contributed by atoms with Gasteiger partial charge in [0.2, 0.25) is 3.79 Å². The Morgan fingerprint density at radius 3 is 1.98 bits per heavy atom. The summed E-state index contributed by atoms with van der Waals surface area (Å²) in [5.41, 5.74) is -0.985. The fraction of sp³-hybridized carbons (Fsp3) is 0.565. The van der Waals surface area contributed by atoms with Crippen molar-refractivity contribution in [2.75, 3.05) is 48.1 Å². The summed E-state index contributed by atoms with van der Waals surface area (Å²) in [4.78, 5) is 0. The van der Waals surface area contributed by atoms with Crippen LogP contribution < -0.4 is 9.47 Å². The summed E-state index contributed by atoms with van der Waals surface area (Å²) in [5.74, 6) is 0.547. The number of ether oxygens (including phenoxy) is 9. The molecule has 2 unspecified atom stereocenters. The Morgan fingerprint density at radius 2 is 1.40 bits per heavy atom. The Morgan fingerprint density at radius 1 is 0.783 bits per heavy atom. The van der Waals surface area contributed by atoms with Crippen LogP contribution in [0.5, 0.6) is 11.5 Å². The van der Waals surface area contributed by atoms with Gasteiger partial charge < -0.3 is 52.8 Å². The topological polar surface area (TPSA) is 124 Å². The third kappa shape index (κ3) is 12.2. The Bertz CT molecular complexity index is 1730. The van der Waals surface area contributed by atoms with Crippen molar-refractivity contribution in [3.63, 3.8) is 0 Å². The molecule has 8 atom stereocenters. The molecule has 2 N–H and O–H groups in total. The predicted octanol–water partition coefficient (Wildman–Crippen LogP) is 8.60. The van der Waals surface area contributed by atoms with E-state index in [4.69, 9.17) is 77.4 Å². The number of hydrogen-bond acceptors (Lipinski definition) is 11. The molecule has 14 heteroatoms. The molecular weight excluding hydrogens is 835 g/mol. The van der Waals surface area contributed by atoms with E-state index >= 15 is 0 Å². The van der Waals surface area contributed by atoms with Crippen LogP contribution in [0.25, 0.3) is 0 Å². The van der Waals surface area contributed by atoms with Gasteiger partial charge in [-0.05, 0) is 78.5 Å². The second kappa shape index (κ2) is 22.2. The highest BCUT2D eigenvalue weighted by Gasteiger charge is 2.63. The minimum absolute atomic E-state index is 0.00607. The van der Waals surface area contributed by atoms with Gasteiger partial charge >= 0.3 is 0 Å². The van der Waals surface area contributed by atoms with E-state index in [1.54, 1.807) is 27.4 Å². The van der Waals surface area contributed by atoms with Crippen LogP contribution in [-0.2, 0) is 53.0 Å². The first-order chi connectivity index (χ1) is 28.7. The molecule has 0 radical (unpaired) electrons. The lowest BCUT2D eigenvalue weighted by Crippen LogP contribution is -2.58. The molecule has 2 fully saturated rings. The normalized spacial score (nSPS) is 25.7. The molecular formula is C46H61Cl3O11. The average Bonchev–Trinajstić information content (AvgIpc) is 3.49. The van der Waals surface area contributed by atoms with Gasteiger partial charge in [0.05, 0.1) is 71.2 Å². The first kappa shape index (κ1) is 48.5. The van der Waals surface area contributed by atoms with Crippen molar-refractivity contribution in [3.8, 4) is 11.5 Å². The molecule has 0 aromatic heterocycles. The van der Waals surface area contributed by atoms with Gasteiger partial charge in [-0.3, -0.25) is 0 Å². The van der Waals surface area contributed by atoms with E-state index in [0.29, 0.717) is 12.8 Å². The molecule has 2 aliphatic carbocycles. The summed E-state index contributed by atoms with van der Waals surface area (Å²) in [6.07, 6.45) is -0.429. The molecule has 2 saturated carbocycles. The van der Waals surface area contributed by atoms with Crippen LogP contribution in [0.15, 0.2) is 91.5 Å². The van der Waals surface area contributed by atoms with E-state index in [9.17, 15) is 10.2 Å². The Hall–Kier alpha value is -2.49. The molecule has 60 heavy (non-hydrogen) atoms. The number of hydrogen-bond donors (Lipinski definition) is 2. The Balaban J connectivity index is 1.64. The minimum Gasteiger partial charge on any atom is -0.497 e. The quantitative estimate of drug-likeness (QED) is 0.0437. The van der Waals surface area contributed by atoms with E-state index in [1.165, 1.54) is 0 Å². The van der Waals surface area contributed by atoms with Crippen LogP contribution in [0, 0.1) is 17.3 Å². The Kier molecular flexibility index (Phi) is 18.0. The number of halogens is 3. The highest BCUT2D eigenvalue weighted by molar-refractivity contribution is 6.67. The molecule has 0 amide bonds. The number of benzene rings is 3. The molecule has 11 nitrogen and oxygen atoms in total. The maximum absolute atomic E-state index is 12.6. The van der Waals surface area contributed by atoms with Gasteiger partial charge in [-0.1, -0.05) is 109 Å². The summed E-state index contributed by atoms with van der Waals surface area (Å²) < 4.78 is 54.2. The molecule has 0 spiro atoms. The SMILES string of the molecule is C=C[C@@H](OCc1ccc(OC)cc1)[C@](COCc1ccc(OC)cc1)(OCc1ccccc1)[C@@H]1C[C@H](OCOCC(Cl)(Cl)Cl)[C@H](OCOC)C2CCC(O)([C@@H](O)C1)C2(C)C. The van der Waals surface area contributed by atoms with Crippen molar-refractivity contribution in [1.82, 2.24) is 0 Å². The number of rotatable bonds is 22. The number of aliphatic hydroxyl groups is 2. The minimum atomic E-state index is -1.66. The molecule has 3 aromatic carbocycles. The van der Waals surface area contributed by atoms with Gasteiger partial charge in [-0.2, -0.15) is 0 Å². The van der Waals surface area contributed by atoms with E-state index < -0.39 is 50.7 Å². The van der Waals surface area contributed by atoms with E-state index in [-0.39, 0.29) is 65.4 Å². The molecule has 0 saturated heterocycles. The van der Waals surface area contributed by atoms with Crippen molar-refractivity contribution in [2.24, 2.45) is 17.3 Å². The molecule has 332 valence electrons. The van der Waals surface area contributed by atoms with Crippen LogP contribution in [0.3, 0.4) is 0 Å². The van der Waals surface area contributed by atoms with Gasteiger partial charge in [0, 0.05) is 12.5 Å². The summed E-state index contributed by atoms with van der Waals surface area (Å²) in [6, 6.07) is 25.0. The zero-order valence-corrected chi connectivity index (χ0v) is 37.5. The first-order valence-corrected chi connectivity index (χ1v) is 21.4. The fourth-order valence-electron chi connectivity index (χ4n) is 8.84. The van der Waals surface area contributed by atoms with Crippen molar-refractivity contribution in [1.29, 1.82) is 0 Å². The number of methoxy groups -OCH3 is 3. The van der Waals surface area contributed by atoms with Gasteiger partial charge in [-0.25, -0.2) is 0 Å². The van der Waals surface area contributed by atoms with Crippen LogP contribution in [0.1, 0.15) is 56.2 Å². The third-order valence-electron chi connectivity index (χ3n) is 12.3. The summed E-state index contributed by atoms with van der Waals surface area (Å²) >= 11 is 18.1. The van der Waals surface area contributed by atoms with Gasteiger partial charge in [-0.15, -0.1) is 6.58 Å². The number of fused-ring (bicyclic) bond motifs is 2. The summed E-state index contributed by atoms with van der Waals surface area (Å²) in [6.45, 7) is 8.29.